The summed E-state index contributed by atoms with van der Waals surface area (Å²) >= 11 is 0. The number of carbonyl (C=O) groups excluding carboxylic acids is 2. The van der Waals surface area contributed by atoms with Crippen molar-refractivity contribution in [1.82, 2.24) is 0 Å². The van der Waals surface area contributed by atoms with E-state index in [4.69, 9.17) is 6.42 Å². The summed E-state index contributed by atoms with van der Waals surface area (Å²) in [5, 5.41) is 5.73. The topological polar surface area (TPSA) is 58.2 Å². The van der Waals surface area contributed by atoms with E-state index in [1.165, 1.54) is 0 Å². The molecule has 1 atom stereocenters. The lowest BCUT2D eigenvalue weighted by Gasteiger charge is -2.24. The van der Waals surface area contributed by atoms with E-state index in [9.17, 15) is 9.59 Å². The van der Waals surface area contributed by atoms with E-state index in [-0.39, 0.29) is 17.7 Å². The van der Waals surface area contributed by atoms with Crippen LogP contribution in [0.15, 0.2) is 48.5 Å². The fourth-order valence-electron chi connectivity index (χ4n) is 2.86. The standard InChI is InChI=1S/C20H18N2O2/c1-2-14-6-5-8-17(12-14)21-19(23)11-10-16-13-15-7-3-4-9-18(15)22-20(16)24/h1,3-9,12,16H,10-11,13H2,(H,21,23)(H,22,24). The molecule has 2 aromatic carbocycles. The molecule has 120 valence electrons. The van der Waals surface area contributed by atoms with Gasteiger partial charge in [-0.25, -0.2) is 0 Å². The number of terminal acetylenes is 1. The molecule has 1 heterocycles. The van der Waals surface area contributed by atoms with Gasteiger partial charge in [-0.05, 0) is 42.7 Å². The van der Waals surface area contributed by atoms with Crippen molar-refractivity contribution in [2.45, 2.75) is 19.3 Å². The van der Waals surface area contributed by atoms with Crippen LogP contribution in [0, 0.1) is 18.3 Å². The highest BCUT2D eigenvalue weighted by Gasteiger charge is 2.26. The lowest BCUT2D eigenvalue weighted by Crippen LogP contribution is -2.30. The van der Waals surface area contributed by atoms with Crippen LogP contribution in [-0.4, -0.2) is 11.8 Å². The average Bonchev–Trinajstić information content (AvgIpc) is 2.60. The maximum absolute atomic E-state index is 12.1. The first-order valence-corrected chi connectivity index (χ1v) is 7.91. The van der Waals surface area contributed by atoms with Crippen LogP contribution in [0.5, 0.6) is 0 Å². The molecule has 1 aliphatic rings. The van der Waals surface area contributed by atoms with E-state index in [0.717, 1.165) is 16.8 Å². The number of carbonyl (C=O) groups is 2. The molecule has 1 aliphatic heterocycles. The lowest BCUT2D eigenvalue weighted by atomic mass is 9.89. The molecule has 2 aromatic rings. The van der Waals surface area contributed by atoms with Crippen molar-refractivity contribution in [3.8, 4) is 12.3 Å². The molecular formula is C20H18N2O2. The zero-order valence-corrected chi connectivity index (χ0v) is 13.2. The molecular weight excluding hydrogens is 300 g/mol. The summed E-state index contributed by atoms with van der Waals surface area (Å²) in [6.45, 7) is 0. The monoisotopic (exact) mass is 318 g/mol. The number of para-hydroxylation sites is 1. The highest BCUT2D eigenvalue weighted by Crippen LogP contribution is 2.27. The summed E-state index contributed by atoms with van der Waals surface area (Å²) in [5.74, 6) is 2.22. The fraction of sp³-hybridized carbons (Fsp3) is 0.200. The number of fused-ring (bicyclic) bond motifs is 1. The Hall–Kier alpha value is -3.06. The molecule has 3 rings (SSSR count). The zero-order valence-electron chi connectivity index (χ0n) is 13.2. The first-order chi connectivity index (χ1) is 11.7. The molecule has 0 bridgehead atoms. The Morgan fingerprint density at radius 3 is 2.92 bits per heavy atom. The second-order valence-electron chi connectivity index (χ2n) is 5.86. The molecule has 24 heavy (non-hydrogen) atoms. The van der Waals surface area contributed by atoms with Gasteiger partial charge in [-0.2, -0.15) is 0 Å². The number of hydrogen-bond acceptors (Lipinski definition) is 2. The van der Waals surface area contributed by atoms with Gasteiger partial charge in [0.05, 0.1) is 0 Å². The highest BCUT2D eigenvalue weighted by molar-refractivity contribution is 5.96. The number of benzene rings is 2. The van der Waals surface area contributed by atoms with Gasteiger partial charge >= 0.3 is 0 Å². The Labute approximate surface area is 141 Å². The van der Waals surface area contributed by atoms with Crippen molar-refractivity contribution in [2.24, 2.45) is 5.92 Å². The smallest absolute Gasteiger partial charge is 0.227 e. The van der Waals surface area contributed by atoms with Crippen molar-refractivity contribution < 1.29 is 9.59 Å². The third kappa shape index (κ3) is 3.64. The van der Waals surface area contributed by atoms with Crippen LogP contribution in [0.3, 0.4) is 0 Å². The van der Waals surface area contributed by atoms with Gasteiger partial charge in [0.2, 0.25) is 11.8 Å². The quantitative estimate of drug-likeness (QED) is 0.851. The van der Waals surface area contributed by atoms with Crippen molar-refractivity contribution in [3.05, 3.63) is 59.7 Å². The molecule has 4 heteroatoms. The second kappa shape index (κ2) is 7.01. The van der Waals surface area contributed by atoms with E-state index in [0.29, 0.717) is 24.9 Å². The number of anilines is 2. The first kappa shape index (κ1) is 15.8. The first-order valence-electron chi connectivity index (χ1n) is 7.91. The lowest BCUT2D eigenvalue weighted by molar-refractivity contribution is -0.121. The van der Waals surface area contributed by atoms with Gasteiger partial charge in [0, 0.05) is 29.3 Å². The summed E-state index contributed by atoms with van der Waals surface area (Å²) < 4.78 is 0. The molecule has 0 saturated heterocycles. The Balaban J connectivity index is 1.57. The normalized spacial score (nSPS) is 15.8. The minimum absolute atomic E-state index is 0.0178. The van der Waals surface area contributed by atoms with E-state index >= 15 is 0 Å². The molecule has 0 saturated carbocycles. The maximum atomic E-state index is 12.1. The van der Waals surface area contributed by atoms with Crippen LogP contribution in [0.4, 0.5) is 11.4 Å². The van der Waals surface area contributed by atoms with Crippen LogP contribution in [0.2, 0.25) is 0 Å². The molecule has 0 fully saturated rings. The predicted molar refractivity (Wildman–Crippen MR) is 94.5 cm³/mol. The van der Waals surface area contributed by atoms with E-state index < -0.39 is 0 Å². The number of nitrogens with one attached hydrogen (secondary N) is 2. The largest absolute Gasteiger partial charge is 0.326 e. The van der Waals surface area contributed by atoms with Gasteiger partial charge in [-0.3, -0.25) is 9.59 Å². The van der Waals surface area contributed by atoms with E-state index in [1.54, 1.807) is 24.3 Å². The molecule has 0 aliphatic carbocycles. The second-order valence-corrected chi connectivity index (χ2v) is 5.86. The van der Waals surface area contributed by atoms with Crippen molar-refractivity contribution >= 4 is 23.2 Å². The highest BCUT2D eigenvalue weighted by atomic mass is 16.2. The van der Waals surface area contributed by atoms with Gasteiger partial charge in [-0.1, -0.05) is 30.2 Å². The zero-order chi connectivity index (χ0) is 16.9. The molecule has 0 radical (unpaired) electrons. The van der Waals surface area contributed by atoms with Gasteiger partial charge in [-0.15, -0.1) is 6.42 Å². The van der Waals surface area contributed by atoms with Crippen LogP contribution in [0.1, 0.15) is 24.0 Å². The van der Waals surface area contributed by atoms with Crippen LogP contribution < -0.4 is 10.6 Å². The molecule has 4 nitrogen and oxygen atoms in total. The van der Waals surface area contributed by atoms with Crippen molar-refractivity contribution in [2.75, 3.05) is 10.6 Å². The predicted octanol–water partition coefficient (Wildman–Crippen LogP) is 3.20. The molecule has 0 aromatic heterocycles. The van der Waals surface area contributed by atoms with Crippen molar-refractivity contribution in [1.29, 1.82) is 0 Å². The van der Waals surface area contributed by atoms with Gasteiger partial charge in [0.15, 0.2) is 0 Å². The van der Waals surface area contributed by atoms with E-state index in [2.05, 4.69) is 16.6 Å². The minimum Gasteiger partial charge on any atom is -0.326 e. The fourth-order valence-corrected chi connectivity index (χ4v) is 2.86. The summed E-state index contributed by atoms with van der Waals surface area (Å²) in [5.41, 5.74) is 3.38. The average molecular weight is 318 g/mol. The van der Waals surface area contributed by atoms with Crippen LogP contribution >= 0.6 is 0 Å². The van der Waals surface area contributed by atoms with E-state index in [1.807, 2.05) is 24.3 Å². The van der Waals surface area contributed by atoms with Gasteiger partial charge in [0.1, 0.15) is 0 Å². The van der Waals surface area contributed by atoms with Gasteiger partial charge < -0.3 is 10.6 Å². The third-order valence-corrected chi connectivity index (χ3v) is 4.15. The number of rotatable bonds is 4. The molecule has 2 amide bonds. The SMILES string of the molecule is C#Cc1cccc(NC(=O)CCC2Cc3ccccc3NC2=O)c1. The summed E-state index contributed by atoms with van der Waals surface area (Å²) in [7, 11) is 0. The summed E-state index contributed by atoms with van der Waals surface area (Å²) in [6, 6.07) is 14.9. The Morgan fingerprint density at radius 1 is 1.25 bits per heavy atom. The molecule has 1 unspecified atom stereocenters. The molecule has 2 N–H and O–H groups in total. The van der Waals surface area contributed by atoms with Crippen molar-refractivity contribution in [3.63, 3.8) is 0 Å². The van der Waals surface area contributed by atoms with Crippen LogP contribution in [0.25, 0.3) is 0 Å². The maximum Gasteiger partial charge on any atom is 0.227 e. The Kier molecular flexibility index (Phi) is 4.62. The Bertz CT molecular complexity index is 820. The number of amides is 2. The molecule has 0 spiro atoms. The summed E-state index contributed by atoms with van der Waals surface area (Å²) in [6.07, 6.45) is 6.83. The summed E-state index contributed by atoms with van der Waals surface area (Å²) in [4.78, 5) is 24.3. The number of hydrogen-bond donors (Lipinski definition) is 2. The van der Waals surface area contributed by atoms with Gasteiger partial charge in [0.25, 0.3) is 0 Å². The Morgan fingerprint density at radius 2 is 2.08 bits per heavy atom. The van der Waals surface area contributed by atoms with Crippen LogP contribution in [-0.2, 0) is 16.0 Å². The third-order valence-electron chi connectivity index (χ3n) is 4.15. The minimum atomic E-state index is -0.178.